The average Bonchev–Trinajstić information content (AvgIpc) is 3.62. The van der Waals surface area contributed by atoms with Gasteiger partial charge in [0.05, 0.1) is 22.1 Å². The first-order valence-corrected chi connectivity index (χ1v) is 15.1. The van der Waals surface area contributed by atoms with Gasteiger partial charge in [-0.15, -0.1) is 0 Å². The quantitative estimate of drug-likeness (QED) is 0.203. The van der Waals surface area contributed by atoms with E-state index < -0.39 is 0 Å². The molecule has 9 rings (SSSR count). The van der Waals surface area contributed by atoms with E-state index in [-0.39, 0.29) is 0 Å². The molecular formula is C42H28N2. The number of aromatic nitrogens is 2. The van der Waals surface area contributed by atoms with Crippen LogP contribution in [0.5, 0.6) is 0 Å². The number of rotatable bonds is 4. The standard InChI is InChI=1S/C42H28N2/c1-3-11-29(12-4-1)30-19-21-31(22-20-30)32-23-25-34(26-24-32)44-38-17-9-7-15-35(38)36-27-28-40-41(42(36)44)37-16-8-10-18-39(37)43(40)33-13-5-2-6-14-33/h1-28H. The van der Waals surface area contributed by atoms with Crippen molar-refractivity contribution in [1.82, 2.24) is 9.13 Å². The summed E-state index contributed by atoms with van der Waals surface area (Å²) in [4.78, 5) is 0. The Morgan fingerprint density at radius 2 is 0.750 bits per heavy atom. The van der Waals surface area contributed by atoms with Gasteiger partial charge in [-0.25, -0.2) is 0 Å². The van der Waals surface area contributed by atoms with E-state index in [1.54, 1.807) is 0 Å². The minimum Gasteiger partial charge on any atom is -0.309 e. The van der Waals surface area contributed by atoms with Gasteiger partial charge in [-0.1, -0.05) is 127 Å². The Hall–Kier alpha value is -5.86. The Morgan fingerprint density at radius 1 is 0.273 bits per heavy atom. The van der Waals surface area contributed by atoms with E-state index >= 15 is 0 Å². The number of fused-ring (bicyclic) bond motifs is 7. The molecule has 0 saturated heterocycles. The second-order valence-corrected chi connectivity index (χ2v) is 11.4. The van der Waals surface area contributed by atoms with Crippen molar-refractivity contribution >= 4 is 43.6 Å². The van der Waals surface area contributed by atoms with Gasteiger partial charge in [0.1, 0.15) is 0 Å². The van der Waals surface area contributed by atoms with Crippen molar-refractivity contribution in [2.24, 2.45) is 0 Å². The Labute approximate surface area is 255 Å². The number of benzene rings is 7. The number of hydrogen-bond acceptors (Lipinski definition) is 0. The van der Waals surface area contributed by atoms with Crippen LogP contribution in [0.4, 0.5) is 0 Å². The van der Waals surface area contributed by atoms with Crippen LogP contribution >= 0.6 is 0 Å². The molecule has 44 heavy (non-hydrogen) atoms. The van der Waals surface area contributed by atoms with Crippen molar-refractivity contribution in [1.29, 1.82) is 0 Å². The molecule has 2 heteroatoms. The maximum Gasteiger partial charge on any atom is 0.0641 e. The predicted molar refractivity (Wildman–Crippen MR) is 186 cm³/mol. The maximum absolute atomic E-state index is 2.46. The zero-order chi connectivity index (χ0) is 29.0. The first-order chi connectivity index (χ1) is 21.8. The molecule has 0 aliphatic heterocycles. The van der Waals surface area contributed by atoms with E-state index in [4.69, 9.17) is 0 Å². The van der Waals surface area contributed by atoms with Crippen LogP contribution < -0.4 is 0 Å². The van der Waals surface area contributed by atoms with E-state index in [0.29, 0.717) is 0 Å². The monoisotopic (exact) mass is 560 g/mol. The van der Waals surface area contributed by atoms with Crippen LogP contribution in [-0.2, 0) is 0 Å². The van der Waals surface area contributed by atoms with Crippen molar-refractivity contribution < 1.29 is 0 Å². The molecule has 0 amide bonds. The third-order valence-corrected chi connectivity index (χ3v) is 8.94. The van der Waals surface area contributed by atoms with E-state index in [0.717, 1.165) is 5.69 Å². The van der Waals surface area contributed by atoms with E-state index in [2.05, 4.69) is 179 Å². The van der Waals surface area contributed by atoms with Crippen LogP contribution in [-0.4, -0.2) is 9.13 Å². The SMILES string of the molecule is c1ccc(-c2ccc(-c3ccc(-n4c5ccccc5c5ccc6c(c7ccccc7n6-c6ccccc6)c54)cc3)cc2)cc1. The Bertz CT molecular complexity index is 2450. The molecule has 0 aliphatic rings. The summed E-state index contributed by atoms with van der Waals surface area (Å²) in [5, 5.41) is 5.07. The molecule has 0 N–H and O–H groups in total. The van der Waals surface area contributed by atoms with Crippen molar-refractivity contribution in [3.63, 3.8) is 0 Å². The molecule has 0 radical (unpaired) electrons. The van der Waals surface area contributed by atoms with E-state index in [1.807, 2.05) is 0 Å². The van der Waals surface area contributed by atoms with Crippen molar-refractivity contribution in [2.75, 3.05) is 0 Å². The number of para-hydroxylation sites is 3. The highest BCUT2D eigenvalue weighted by molar-refractivity contribution is 6.26. The first kappa shape index (κ1) is 24.7. The summed E-state index contributed by atoms with van der Waals surface area (Å²) in [5.74, 6) is 0. The van der Waals surface area contributed by atoms with Gasteiger partial charge in [0.25, 0.3) is 0 Å². The Morgan fingerprint density at radius 3 is 1.41 bits per heavy atom. The van der Waals surface area contributed by atoms with Crippen LogP contribution in [0.1, 0.15) is 0 Å². The van der Waals surface area contributed by atoms with Gasteiger partial charge in [0.2, 0.25) is 0 Å². The fourth-order valence-corrected chi connectivity index (χ4v) is 6.92. The maximum atomic E-state index is 2.46. The van der Waals surface area contributed by atoms with Crippen molar-refractivity contribution in [2.45, 2.75) is 0 Å². The average molecular weight is 561 g/mol. The van der Waals surface area contributed by atoms with Crippen LogP contribution in [0.25, 0.3) is 77.2 Å². The van der Waals surface area contributed by atoms with Crippen LogP contribution in [0, 0.1) is 0 Å². The van der Waals surface area contributed by atoms with Gasteiger partial charge in [0, 0.05) is 32.9 Å². The molecule has 0 unspecified atom stereocenters. The van der Waals surface area contributed by atoms with Crippen LogP contribution in [0.15, 0.2) is 170 Å². The topological polar surface area (TPSA) is 9.86 Å². The molecule has 0 aliphatic carbocycles. The summed E-state index contributed by atoms with van der Waals surface area (Å²) < 4.78 is 4.85. The fourth-order valence-electron chi connectivity index (χ4n) is 6.92. The van der Waals surface area contributed by atoms with Crippen LogP contribution in [0.3, 0.4) is 0 Å². The molecule has 206 valence electrons. The third-order valence-electron chi connectivity index (χ3n) is 8.94. The molecule has 2 nitrogen and oxygen atoms in total. The summed E-state index contributed by atoms with van der Waals surface area (Å²) in [5.41, 5.74) is 12.1. The van der Waals surface area contributed by atoms with Gasteiger partial charge < -0.3 is 9.13 Å². The lowest BCUT2D eigenvalue weighted by atomic mass is 10.0. The second kappa shape index (κ2) is 9.86. The Kier molecular flexibility index (Phi) is 5.54. The molecule has 0 atom stereocenters. The number of hydrogen-bond donors (Lipinski definition) is 0. The largest absolute Gasteiger partial charge is 0.309 e. The lowest BCUT2D eigenvalue weighted by Crippen LogP contribution is -1.95. The highest BCUT2D eigenvalue weighted by atomic mass is 15.0. The summed E-state index contributed by atoms with van der Waals surface area (Å²) in [6, 6.07) is 61.3. The summed E-state index contributed by atoms with van der Waals surface area (Å²) in [6.07, 6.45) is 0. The van der Waals surface area contributed by atoms with Gasteiger partial charge in [-0.3, -0.25) is 0 Å². The molecular weight excluding hydrogens is 532 g/mol. The molecule has 2 heterocycles. The predicted octanol–water partition coefficient (Wildman–Crippen LogP) is 11.2. The molecule has 7 aromatic carbocycles. The molecule has 0 bridgehead atoms. The minimum atomic E-state index is 1.16. The van der Waals surface area contributed by atoms with Gasteiger partial charge in [0.15, 0.2) is 0 Å². The molecule has 0 fully saturated rings. The molecule has 9 aromatic rings. The summed E-state index contributed by atoms with van der Waals surface area (Å²) in [6.45, 7) is 0. The third kappa shape index (κ3) is 3.75. The zero-order valence-corrected chi connectivity index (χ0v) is 24.1. The summed E-state index contributed by atoms with van der Waals surface area (Å²) >= 11 is 0. The Balaban J connectivity index is 1.26. The summed E-state index contributed by atoms with van der Waals surface area (Å²) in [7, 11) is 0. The second-order valence-electron chi connectivity index (χ2n) is 11.4. The van der Waals surface area contributed by atoms with E-state index in [1.165, 1.54) is 71.6 Å². The van der Waals surface area contributed by atoms with Gasteiger partial charge >= 0.3 is 0 Å². The molecule has 0 saturated carbocycles. The number of nitrogens with zero attached hydrogens (tertiary/aromatic N) is 2. The fraction of sp³-hybridized carbons (Fsp3) is 0. The normalized spacial score (nSPS) is 11.6. The minimum absolute atomic E-state index is 1.16. The van der Waals surface area contributed by atoms with Gasteiger partial charge in [-0.05, 0) is 64.7 Å². The molecule has 2 aromatic heterocycles. The highest BCUT2D eigenvalue weighted by Gasteiger charge is 2.20. The zero-order valence-electron chi connectivity index (χ0n) is 24.1. The first-order valence-electron chi connectivity index (χ1n) is 15.1. The van der Waals surface area contributed by atoms with Gasteiger partial charge in [-0.2, -0.15) is 0 Å². The van der Waals surface area contributed by atoms with Crippen LogP contribution in [0.2, 0.25) is 0 Å². The smallest absolute Gasteiger partial charge is 0.0641 e. The lowest BCUT2D eigenvalue weighted by molar-refractivity contribution is 1.17. The highest BCUT2D eigenvalue weighted by Crippen LogP contribution is 2.42. The lowest BCUT2D eigenvalue weighted by Gasteiger charge is -2.11. The molecule has 0 spiro atoms. The van der Waals surface area contributed by atoms with E-state index in [9.17, 15) is 0 Å². The van der Waals surface area contributed by atoms with Crippen molar-refractivity contribution in [3.8, 4) is 33.6 Å². The van der Waals surface area contributed by atoms with Crippen molar-refractivity contribution in [3.05, 3.63) is 170 Å².